The van der Waals surface area contributed by atoms with Crippen LogP contribution in [0.5, 0.6) is 0 Å². The highest BCUT2D eigenvalue weighted by molar-refractivity contribution is 5.77. The highest BCUT2D eigenvalue weighted by Crippen LogP contribution is 2.62. The molecule has 3 aliphatic rings. The Hall–Kier alpha value is -1.89. The van der Waals surface area contributed by atoms with Gasteiger partial charge in [-0.05, 0) is 106 Å². The van der Waals surface area contributed by atoms with Gasteiger partial charge in [-0.2, -0.15) is 0 Å². The van der Waals surface area contributed by atoms with Crippen molar-refractivity contribution in [3.63, 3.8) is 0 Å². The molecular formula is C48H85NO6. The van der Waals surface area contributed by atoms with Crippen LogP contribution in [0.25, 0.3) is 0 Å². The number of carbonyl (C=O) groups excluding carboxylic acids is 3. The molecular weight excluding hydrogens is 687 g/mol. The summed E-state index contributed by atoms with van der Waals surface area (Å²) in [6.45, 7) is 14.2. The predicted molar refractivity (Wildman–Crippen MR) is 225 cm³/mol. The Bertz CT molecular complexity index is 1140. The molecule has 0 bridgehead atoms. The summed E-state index contributed by atoms with van der Waals surface area (Å²) in [7, 11) is 0. The normalized spacial score (nSPS) is 28.4. The lowest BCUT2D eigenvalue weighted by Crippen LogP contribution is -2.43. The number of ether oxygens (including phenoxy) is 3. The quantitative estimate of drug-likeness (QED) is 0.0426. The Morgan fingerprint density at radius 3 is 2.15 bits per heavy atom. The standard InChI is InChI=1S/C48H85NO6/c1-7-8-9-10-11-12-13-14-15-16-17-22-46(51)55-41(34-49)35-53-45(50)29-30-47(52)54-40-26-24-38(5)42-31-32-48(6)39(21-19-18-20-36(2)3)25-28-44(48)43(42)27-23-37(4)33-40/h23,36,38-44H,7-22,24-35,49H2,1-6H3/b37-23+/t38-,39-,40-,41?,42+,43+,44-,48+/m0/s1. The lowest BCUT2D eigenvalue weighted by Gasteiger charge is -2.51. The van der Waals surface area contributed by atoms with Crippen LogP contribution in [-0.2, 0) is 28.6 Å². The third-order valence-corrected chi connectivity index (χ3v) is 14.0. The summed E-state index contributed by atoms with van der Waals surface area (Å²) >= 11 is 0. The summed E-state index contributed by atoms with van der Waals surface area (Å²) in [5, 5.41) is 0. The van der Waals surface area contributed by atoms with Gasteiger partial charge in [-0.1, -0.05) is 130 Å². The Morgan fingerprint density at radius 2 is 1.47 bits per heavy atom. The first-order valence-corrected chi connectivity index (χ1v) is 23.4. The largest absolute Gasteiger partial charge is 0.462 e. The van der Waals surface area contributed by atoms with Gasteiger partial charge in [0.15, 0.2) is 0 Å². The van der Waals surface area contributed by atoms with Gasteiger partial charge in [-0.3, -0.25) is 14.4 Å². The van der Waals surface area contributed by atoms with Gasteiger partial charge < -0.3 is 19.9 Å². The summed E-state index contributed by atoms with van der Waals surface area (Å²) in [6.07, 6.45) is 30.1. The number of esters is 3. The van der Waals surface area contributed by atoms with E-state index < -0.39 is 12.1 Å². The number of carbonyl (C=O) groups is 3. The summed E-state index contributed by atoms with van der Waals surface area (Å²) < 4.78 is 16.8. The summed E-state index contributed by atoms with van der Waals surface area (Å²) in [4.78, 5) is 37.8. The van der Waals surface area contributed by atoms with E-state index in [1.165, 1.54) is 108 Å². The van der Waals surface area contributed by atoms with Crippen molar-refractivity contribution in [1.82, 2.24) is 0 Å². The first-order chi connectivity index (χ1) is 26.5. The lowest BCUT2D eigenvalue weighted by atomic mass is 9.54. The van der Waals surface area contributed by atoms with E-state index >= 15 is 0 Å². The highest BCUT2D eigenvalue weighted by atomic mass is 16.6. The zero-order valence-corrected chi connectivity index (χ0v) is 36.5. The van der Waals surface area contributed by atoms with Gasteiger partial charge in [-0.25, -0.2) is 0 Å². The van der Waals surface area contributed by atoms with Crippen molar-refractivity contribution in [2.24, 2.45) is 46.7 Å². The van der Waals surface area contributed by atoms with Gasteiger partial charge in [0.1, 0.15) is 18.8 Å². The Kier molecular flexibility index (Phi) is 22.6. The van der Waals surface area contributed by atoms with E-state index in [4.69, 9.17) is 19.9 Å². The summed E-state index contributed by atoms with van der Waals surface area (Å²) in [5.41, 5.74) is 7.61. The first-order valence-electron chi connectivity index (χ1n) is 23.4. The molecule has 8 atom stereocenters. The van der Waals surface area contributed by atoms with Crippen molar-refractivity contribution >= 4 is 17.9 Å². The molecule has 0 aliphatic heterocycles. The van der Waals surface area contributed by atoms with Crippen LogP contribution < -0.4 is 5.73 Å². The van der Waals surface area contributed by atoms with Crippen LogP contribution in [0.15, 0.2) is 11.6 Å². The van der Waals surface area contributed by atoms with Crippen LogP contribution in [-0.4, -0.2) is 43.3 Å². The molecule has 1 unspecified atom stereocenters. The van der Waals surface area contributed by atoms with Gasteiger partial charge in [-0.15, -0.1) is 0 Å². The number of nitrogens with two attached hydrogens (primary N) is 1. The van der Waals surface area contributed by atoms with Crippen LogP contribution in [0, 0.1) is 40.9 Å². The number of fused-ring (bicyclic) bond motifs is 3. The zero-order valence-electron chi connectivity index (χ0n) is 36.5. The fourth-order valence-corrected chi connectivity index (χ4v) is 10.6. The van der Waals surface area contributed by atoms with Crippen molar-refractivity contribution in [2.75, 3.05) is 13.2 Å². The molecule has 3 rings (SSSR count). The maximum atomic E-state index is 13.0. The van der Waals surface area contributed by atoms with E-state index in [9.17, 15) is 14.4 Å². The third kappa shape index (κ3) is 17.2. The molecule has 2 saturated carbocycles. The summed E-state index contributed by atoms with van der Waals surface area (Å²) in [6, 6.07) is 0. The van der Waals surface area contributed by atoms with Crippen LogP contribution in [0.3, 0.4) is 0 Å². The maximum absolute atomic E-state index is 13.0. The topological polar surface area (TPSA) is 105 Å². The molecule has 3 aliphatic carbocycles. The van der Waals surface area contributed by atoms with E-state index in [2.05, 4.69) is 47.6 Å². The molecule has 0 aromatic heterocycles. The molecule has 0 aromatic carbocycles. The van der Waals surface area contributed by atoms with E-state index in [0.717, 1.165) is 74.5 Å². The van der Waals surface area contributed by atoms with Gasteiger partial charge in [0.2, 0.25) is 0 Å². The third-order valence-electron chi connectivity index (χ3n) is 14.0. The SMILES string of the molecule is CCCCCCCCCCCCCC(=O)OC(CN)COC(=O)CCC(=O)O[C@H]1CC[C@H](C)[C@H]2CC[C@]3(C)[C@@H](CCCCC(C)C)CC[C@H]3[C@@H]2C/C=C(\C)C1. The molecule has 0 saturated heterocycles. The van der Waals surface area contributed by atoms with Crippen molar-refractivity contribution in [3.05, 3.63) is 11.6 Å². The smallest absolute Gasteiger partial charge is 0.306 e. The van der Waals surface area contributed by atoms with E-state index in [-0.39, 0.29) is 44.0 Å². The molecule has 7 nitrogen and oxygen atoms in total. The number of allylic oxidation sites excluding steroid dienone is 1. The molecule has 2 N–H and O–H groups in total. The zero-order chi connectivity index (χ0) is 40.1. The van der Waals surface area contributed by atoms with Gasteiger partial charge in [0, 0.05) is 19.4 Å². The van der Waals surface area contributed by atoms with E-state index in [1.54, 1.807) is 0 Å². The first kappa shape index (κ1) is 47.5. The number of hydrogen-bond acceptors (Lipinski definition) is 7. The van der Waals surface area contributed by atoms with Crippen molar-refractivity contribution in [1.29, 1.82) is 0 Å². The second-order valence-electron chi connectivity index (χ2n) is 18.9. The molecule has 0 spiro atoms. The number of unbranched alkanes of at least 4 members (excludes halogenated alkanes) is 11. The molecule has 0 aromatic rings. The molecule has 55 heavy (non-hydrogen) atoms. The number of hydrogen-bond donors (Lipinski definition) is 1. The van der Waals surface area contributed by atoms with Gasteiger partial charge in [0.25, 0.3) is 0 Å². The minimum absolute atomic E-state index is 0.0246. The average molecular weight is 772 g/mol. The second kappa shape index (κ2) is 26.2. The fourth-order valence-electron chi connectivity index (χ4n) is 10.6. The second-order valence-corrected chi connectivity index (χ2v) is 18.9. The Balaban J connectivity index is 1.35. The minimum Gasteiger partial charge on any atom is -0.462 e. The molecule has 318 valence electrons. The summed E-state index contributed by atoms with van der Waals surface area (Å²) in [5.74, 6) is 3.44. The molecule has 0 heterocycles. The van der Waals surface area contributed by atoms with Crippen molar-refractivity contribution < 1.29 is 28.6 Å². The monoisotopic (exact) mass is 772 g/mol. The number of rotatable bonds is 25. The van der Waals surface area contributed by atoms with Crippen molar-refractivity contribution in [3.8, 4) is 0 Å². The van der Waals surface area contributed by atoms with E-state index in [1.807, 2.05) is 0 Å². The minimum atomic E-state index is -0.678. The van der Waals surface area contributed by atoms with Crippen LogP contribution in [0.1, 0.15) is 208 Å². The molecule has 0 radical (unpaired) electrons. The van der Waals surface area contributed by atoms with E-state index in [0.29, 0.717) is 17.8 Å². The fraction of sp³-hybridized carbons (Fsp3) is 0.896. The molecule has 0 amide bonds. The van der Waals surface area contributed by atoms with Crippen LogP contribution in [0.4, 0.5) is 0 Å². The highest BCUT2D eigenvalue weighted by Gasteiger charge is 2.53. The predicted octanol–water partition coefficient (Wildman–Crippen LogP) is 12.2. The Morgan fingerprint density at radius 1 is 0.800 bits per heavy atom. The lowest BCUT2D eigenvalue weighted by molar-refractivity contribution is -0.160. The molecule has 2 fully saturated rings. The van der Waals surface area contributed by atoms with Crippen LogP contribution >= 0.6 is 0 Å². The average Bonchev–Trinajstić information content (AvgIpc) is 3.49. The maximum Gasteiger partial charge on any atom is 0.306 e. The van der Waals surface area contributed by atoms with Gasteiger partial charge >= 0.3 is 17.9 Å². The molecule has 7 heteroatoms. The van der Waals surface area contributed by atoms with Crippen LogP contribution in [0.2, 0.25) is 0 Å². The van der Waals surface area contributed by atoms with Crippen molar-refractivity contribution in [2.45, 2.75) is 221 Å². The van der Waals surface area contributed by atoms with Gasteiger partial charge in [0.05, 0.1) is 12.8 Å². The Labute approximate surface area is 337 Å².